The highest BCUT2D eigenvalue weighted by atomic mass is 79.9. The van der Waals surface area contributed by atoms with E-state index >= 15 is 0 Å². The van der Waals surface area contributed by atoms with E-state index in [0.717, 1.165) is 13.2 Å². The molecule has 108 valence electrons. The second kappa shape index (κ2) is 6.99. The maximum absolute atomic E-state index is 13.6. The zero-order valence-corrected chi connectivity index (χ0v) is 11.9. The van der Waals surface area contributed by atoms with Gasteiger partial charge in [-0.3, -0.25) is 9.59 Å². The number of carboxylic acids is 1. The van der Waals surface area contributed by atoms with Gasteiger partial charge in [-0.05, 0) is 18.2 Å². The molecule has 0 saturated heterocycles. The van der Waals surface area contributed by atoms with Gasteiger partial charge >= 0.3 is 11.9 Å². The first kappa shape index (κ1) is 16.1. The summed E-state index contributed by atoms with van der Waals surface area (Å²) in [5.74, 6) is -3.94. The second-order valence-corrected chi connectivity index (χ2v) is 4.68. The summed E-state index contributed by atoms with van der Waals surface area (Å²) >= 11 is 3.03. The Bertz CT molecular complexity index is 549. The summed E-state index contributed by atoms with van der Waals surface area (Å²) in [4.78, 5) is 33.8. The molecule has 0 unspecified atom stereocenters. The summed E-state index contributed by atoms with van der Waals surface area (Å²) in [7, 11) is 1.09. The number of halogens is 2. The minimum atomic E-state index is -1.49. The number of methoxy groups -OCH3 is 1. The summed E-state index contributed by atoms with van der Waals surface area (Å²) in [5.41, 5.74) is -0.315. The smallest absolute Gasteiger partial charge is 0.326 e. The quantitative estimate of drug-likeness (QED) is 0.784. The van der Waals surface area contributed by atoms with E-state index in [1.165, 1.54) is 12.1 Å². The lowest BCUT2D eigenvalue weighted by Crippen LogP contribution is -2.42. The molecule has 8 heteroatoms. The molecule has 0 fully saturated rings. The molecule has 1 aromatic carbocycles. The summed E-state index contributed by atoms with van der Waals surface area (Å²) in [6, 6.07) is 2.23. The number of rotatable bonds is 5. The molecule has 0 aliphatic carbocycles. The number of hydrogen-bond donors (Lipinski definition) is 2. The fourth-order valence-corrected chi connectivity index (χ4v) is 1.69. The van der Waals surface area contributed by atoms with Crippen LogP contribution in [0.1, 0.15) is 16.8 Å². The molecule has 1 aromatic rings. The van der Waals surface area contributed by atoms with Crippen LogP contribution in [0.15, 0.2) is 22.7 Å². The Labute approximate surface area is 122 Å². The highest BCUT2D eigenvalue weighted by Gasteiger charge is 2.25. The van der Waals surface area contributed by atoms with Gasteiger partial charge in [0, 0.05) is 4.47 Å². The molecule has 0 heterocycles. The normalized spacial score (nSPS) is 11.6. The minimum absolute atomic E-state index is 0.315. The average molecular weight is 348 g/mol. The molecule has 2 N–H and O–H groups in total. The Morgan fingerprint density at radius 1 is 1.45 bits per heavy atom. The molecule has 0 aliphatic rings. The van der Waals surface area contributed by atoms with Crippen molar-refractivity contribution < 1.29 is 28.6 Å². The minimum Gasteiger partial charge on any atom is -0.480 e. The molecule has 0 aliphatic heterocycles. The van der Waals surface area contributed by atoms with Gasteiger partial charge in [0.1, 0.15) is 11.9 Å². The Morgan fingerprint density at radius 2 is 2.10 bits per heavy atom. The number of amides is 1. The molecule has 1 rings (SSSR count). The molecule has 0 bridgehead atoms. The van der Waals surface area contributed by atoms with Crippen LogP contribution in [0, 0.1) is 5.82 Å². The average Bonchev–Trinajstić information content (AvgIpc) is 2.37. The van der Waals surface area contributed by atoms with Crippen molar-refractivity contribution in [2.45, 2.75) is 12.5 Å². The van der Waals surface area contributed by atoms with Crippen LogP contribution in [0.3, 0.4) is 0 Å². The lowest BCUT2D eigenvalue weighted by molar-refractivity contribution is -0.147. The van der Waals surface area contributed by atoms with Gasteiger partial charge in [-0.2, -0.15) is 0 Å². The van der Waals surface area contributed by atoms with Crippen LogP contribution in [0.2, 0.25) is 0 Å². The van der Waals surface area contributed by atoms with Gasteiger partial charge < -0.3 is 15.2 Å². The van der Waals surface area contributed by atoms with Crippen molar-refractivity contribution >= 4 is 33.8 Å². The molecule has 0 saturated carbocycles. The summed E-state index contributed by atoms with van der Waals surface area (Å²) in [6.07, 6.45) is -0.546. The van der Waals surface area contributed by atoms with Crippen molar-refractivity contribution in [3.05, 3.63) is 34.1 Å². The van der Waals surface area contributed by atoms with Crippen LogP contribution < -0.4 is 5.32 Å². The fourth-order valence-electron chi connectivity index (χ4n) is 1.36. The molecule has 0 spiro atoms. The number of esters is 1. The van der Waals surface area contributed by atoms with Crippen LogP contribution in [-0.2, 0) is 14.3 Å². The largest absolute Gasteiger partial charge is 0.480 e. The van der Waals surface area contributed by atoms with E-state index in [-0.39, 0.29) is 5.56 Å². The molecular weight excluding hydrogens is 337 g/mol. The predicted octanol–water partition coefficient (Wildman–Crippen LogP) is 1.33. The van der Waals surface area contributed by atoms with E-state index < -0.39 is 36.1 Å². The third kappa shape index (κ3) is 4.30. The number of carbonyl (C=O) groups is 3. The Hall–Kier alpha value is -1.96. The van der Waals surface area contributed by atoms with Crippen LogP contribution in [-0.4, -0.2) is 36.1 Å². The van der Waals surface area contributed by atoms with E-state index in [4.69, 9.17) is 5.11 Å². The maximum atomic E-state index is 13.6. The SMILES string of the molecule is COC(=O)C[C@H](NC(=O)c1ccc(Br)cc1F)C(=O)O. The van der Waals surface area contributed by atoms with E-state index in [9.17, 15) is 18.8 Å². The first-order chi connectivity index (χ1) is 9.35. The highest BCUT2D eigenvalue weighted by Crippen LogP contribution is 2.15. The summed E-state index contributed by atoms with van der Waals surface area (Å²) in [6.45, 7) is 0. The van der Waals surface area contributed by atoms with Crippen LogP contribution in [0.4, 0.5) is 4.39 Å². The second-order valence-electron chi connectivity index (χ2n) is 3.77. The van der Waals surface area contributed by atoms with Gasteiger partial charge in [-0.1, -0.05) is 15.9 Å². The molecule has 1 atom stereocenters. The fraction of sp³-hybridized carbons (Fsp3) is 0.250. The van der Waals surface area contributed by atoms with Gasteiger partial charge in [-0.25, -0.2) is 9.18 Å². The standard InChI is InChI=1S/C12H11BrFNO5/c1-20-10(16)5-9(12(18)19)15-11(17)7-3-2-6(13)4-8(7)14/h2-4,9H,5H2,1H3,(H,15,17)(H,18,19)/t9-/m0/s1. The molecule has 20 heavy (non-hydrogen) atoms. The van der Waals surface area contributed by atoms with E-state index in [1.807, 2.05) is 0 Å². The number of aliphatic carboxylic acids is 1. The maximum Gasteiger partial charge on any atom is 0.326 e. The number of nitrogens with one attached hydrogen (secondary N) is 1. The Morgan fingerprint density at radius 3 is 2.60 bits per heavy atom. The zero-order chi connectivity index (χ0) is 15.3. The van der Waals surface area contributed by atoms with Crippen LogP contribution in [0.25, 0.3) is 0 Å². The van der Waals surface area contributed by atoms with E-state index in [0.29, 0.717) is 4.47 Å². The van der Waals surface area contributed by atoms with Crippen molar-refractivity contribution in [3.63, 3.8) is 0 Å². The van der Waals surface area contributed by atoms with E-state index in [2.05, 4.69) is 26.0 Å². The number of benzene rings is 1. The van der Waals surface area contributed by atoms with Crippen molar-refractivity contribution in [2.75, 3.05) is 7.11 Å². The highest BCUT2D eigenvalue weighted by molar-refractivity contribution is 9.10. The number of ether oxygens (including phenoxy) is 1. The third-order valence-corrected chi connectivity index (χ3v) is 2.87. The molecular formula is C12H11BrFNO5. The van der Waals surface area contributed by atoms with Gasteiger partial charge in [-0.15, -0.1) is 0 Å². The van der Waals surface area contributed by atoms with Gasteiger partial charge in [0.25, 0.3) is 5.91 Å². The van der Waals surface area contributed by atoms with Crippen LogP contribution in [0.5, 0.6) is 0 Å². The van der Waals surface area contributed by atoms with Crippen molar-refractivity contribution in [1.82, 2.24) is 5.32 Å². The number of hydrogen-bond acceptors (Lipinski definition) is 4. The number of carboxylic acid groups (broad SMARTS) is 1. The first-order valence-corrected chi connectivity index (χ1v) is 6.20. The number of carbonyl (C=O) groups excluding carboxylic acids is 2. The molecule has 0 radical (unpaired) electrons. The van der Waals surface area contributed by atoms with Crippen molar-refractivity contribution in [1.29, 1.82) is 0 Å². The third-order valence-electron chi connectivity index (χ3n) is 2.38. The van der Waals surface area contributed by atoms with Crippen molar-refractivity contribution in [2.24, 2.45) is 0 Å². The summed E-state index contributed by atoms with van der Waals surface area (Å²) < 4.78 is 18.3. The van der Waals surface area contributed by atoms with Crippen LogP contribution >= 0.6 is 15.9 Å². The Kier molecular flexibility index (Phi) is 5.63. The topological polar surface area (TPSA) is 92.7 Å². The van der Waals surface area contributed by atoms with Gasteiger partial charge in [0.15, 0.2) is 0 Å². The summed E-state index contributed by atoms with van der Waals surface area (Å²) in [5, 5.41) is 11.0. The van der Waals surface area contributed by atoms with E-state index in [1.54, 1.807) is 0 Å². The zero-order valence-electron chi connectivity index (χ0n) is 10.4. The van der Waals surface area contributed by atoms with Gasteiger partial charge in [0.2, 0.25) is 0 Å². The molecule has 6 nitrogen and oxygen atoms in total. The molecule has 0 aromatic heterocycles. The predicted molar refractivity (Wildman–Crippen MR) is 69.6 cm³/mol. The lowest BCUT2D eigenvalue weighted by Gasteiger charge is -2.13. The lowest BCUT2D eigenvalue weighted by atomic mass is 10.1. The van der Waals surface area contributed by atoms with Gasteiger partial charge in [0.05, 0.1) is 19.1 Å². The first-order valence-electron chi connectivity index (χ1n) is 5.40. The van der Waals surface area contributed by atoms with Crippen molar-refractivity contribution in [3.8, 4) is 0 Å². The molecule has 1 amide bonds. The Balaban J connectivity index is 2.85. The monoisotopic (exact) mass is 347 g/mol.